The van der Waals surface area contributed by atoms with Gasteiger partial charge in [-0.25, -0.2) is 4.79 Å². The number of likely N-dealkylation sites (tertiary alicyclic amines) is 1. The fourth-order valence-electron chi connectivity index (χ4n) is 2.16. The number of hydrogen-bond donors (Lipinski definition) is 2. The number of nitrogens with zero attached hydrogens (tertiary/aromatic N) is 2. The maximum Gasteiger partial charge on any atom is 0.339 e. The molecule has 0 spiro atoms. The third-order valence-corrected chi connectivity index (χ3v) is 3.00. The van der Waals surface area contributed by atoms with Crippen molar-refractivity contribution in [1.29, 1.82) is 0 Å². The Labute approximate surface area is 88.1 Å². The van der Waals surface area contributed by atoms with Gasteiger partial charge in [-0.1, -0.05) is 6.42 Å². The molecule has 0 aliphatic carbocycles. The summed E-state index contributed by atoms with van der Waals surface area (Å²) >= 11 is 0. The summed E-state index contributed by atoms with van der Waals surface area (Å²) in [5, 5.41) is 15.6. The van der Waals surface area contributed by atoms with Crippen molar-refractivity contribution in [2.24, 2.45) is 0 Å². The van der Waals surface area contributed by atoms with E-state index in [1.54, 1.807) is 0 Å². The van der Waals surface area contributed by atoms with E-state index in [0.717, 1.165) is 25.1 Å². The van der Waals surface area contributed by atoms with Crippen molar-refractivity contribution in [3.05, 3.63) is 17.5 Å². The summed E-state index contributed by atoms with van der Waals surface area (Å²) in [5.74, 6) is -0.905. The zero-order valence-electron chi connectivity index (χ0n) is 8.73. The molecule has 2 heterocycles. The van der Waals surface area contributed by atoms with Gasteiger partial charge in [0.05, 0.1) is 17.9 Å². The monoisotopic (exact) mass is 209 g/mol. The average Bonchev–Trinajstić information content (AvgIpc) is 2.67. The molecule has 0 bridgehead atoms. The van der Waals surface area contributed by atoms with Crippen LogP contribution in [-0.2, 0) is 0 Å². The fraction of sp³-hybridized carbons (Fsp3) is 0.600. The van der Waals surface area contributed by atoms with Crippen molar-refractivity contribution in [3.8, 4) is 0 Å². The lowest BCUT2D eigenvalue weighted by Crippen LogP contribution is -2.30. The number of carboxylic acid groups (broad SMARTS) is 1. The molecule has 1 aliphatic heterocycles. The second-order valence-corrected chi connectivity index (χ2v) is 3.99. The molecule has 5 heteroatoms. The smallest absolute Gasteiger partial charge is 0.339 e. The highest BCUT2D eigenvalue weighted by Crippen LogP contribution is 2.29. The van der Waals surface area contributed by atoms with E-state index in [4.69, 9.17) is 5.11 Å². The van der Waals surface area contributed by atoms with Gasteiger partial charge in [0.25, 0.3) is 0 Å². The number of carbonyl (C=O) groups is 1. The van der Waals surface area contributed by atoms with E-state index >= 15 is 0 Å². The van der Waals surface area contributed by atoms with Crippen molar-refractivity contribution < 1.29 is 9.90 Å². The molecule has 0 saturated carbocycles. The topological polar surface area (TPSA) is 69.2 Å². The molecule has 15 heavy (non-hydrogen) atoms. The quantitative estimate of drug-likeness (QED) is 0.769. The molecule has 1 saturated heterocycles. The first kappa shape index (κ1) is 10.2. The number of H-pyrrole nitrogens is 1. The summed E-state index contributed by atoms with van der Waals surface area (Å²) in [5.41, 5.74) is 1.04. The van der Waals surface area contributed by atoms with E-state index in [1.165, 1.54) is 12.6 Å². The van der Waals surface area contributed by atoms with Crippen LogP contribution < -0.4 is 0 Å². The molecule has 1 fully saturated rings. The number of aromatic amines is 1. The highest BCUT2D eigenvalue weighted by Gasteiger charge is 2.26. The highest BCUT2D eigenvalue weighted by atomic mass is 16.4. The van der Waals surface area contributed by atoms with Gasteiger partial charge in [-0.15, -0.1) is 0 Å². The van der Waals surface area contributed by atoms with E-state index in [0.29, 0.717) is 5.56 Å². The molecule has 1 atom stereocenters. The SMILES string of the molecule is CN1CCCCC1c1[nH]ncc1C(=O)O. The molecule has 5 nitrogen and oxygen atoms in total. The Kier molecular flexibility index (Phi) is 2.73. The number of aromatic carboxylic acids is 1. The average molecular weight is 209 g/mol. The minimum Gasteiger partial charge on any atom is -0.478 e. The summed E-state index contributed by atoms with van der Waals surface area (Å²) in [6.45, 7) is 1.02. The number of hydrogen-bond acceptors (Lipinski definition) is 3. The van der Waals surface area contributed by atoms with Gasteiger partial charge in [-0.3, -0.25) is 10.00 Å². The van der Waals surface area contributed by atoms with Crippen LogP contribution in [0.3, 0.4) is 0 Å². The number of carboxylic acids is 1. The Morgan fingerprint density at radius 1 is 1.67 bits per heavy atom. The molecule has 0 radical (unpaired) electrons. The van der Waals surface area contributed by atoms with Crippen molar-refractivity contribution in [2.45, 2.75) is 25.3 Å². The molecule has 1 aromatic rings. The van der Waals surface area contributed by atoms with Crippen LogP contribution in [0.2, 0.25) is 0 Å². The summed E-state index contributed by atoms with van der Waals surface area (Å²) in [6, 6.07) is 0.173. The zero-order valence-corrected chi connectivity index (χ0v) is 8.73. The van der Waals surface area contributed by atoms with Crippen molar-refractivity contribution >= 4 is 5.97 Å². The van der Waals surface area contributed by atoms with Gasteiger partial charge in [-0.2, -0.15) is 5.10 Å². The van der Waals surface area contributed by atoms with Crippen molar-refractivity contribution in [2.75, 3.05) is 13.6 Å². The third kappa shape index (κ3) is 1.87. The molecular formula is C10H15N3O2. The minimum atomic E-state index is -0.905. The van der Waals surface area contributed by atoms with E-state index in [-0.39, 0.29) is 6.04 Å². The van der Waals surface area contributed by atoms with Crippen LogP contribution in [-0.4, -0.2) is 39.8 Å². The Morgan fingerprint density at radius 2 is 2.47 bits per heavy atom. The normalized spacial score (nSPS) is 22.9. The molecule has 2 N–H and O–H groups in total. The second-order valence-electron chi connectivity index (χ2n) is 3.99. The Balaban J connectivity index is 2.27. The Morgan fingerprint density at radius 3 is 3.13 bits per heavy atom. The molecule has 82 valence electrons. The van der Waals surface area contributed by atoms with Crippen LogP contribution in [0.1, 0.15) is 41.4 Å². The fourth-order valence-corrected chi connectivity index (χ4v) is 2.16. The Bertz CT molecular complexity index is 361. The molecule has 0 amide bonds. The van der Waals surface area contributed by atoms with Crippen LogP contribution in [0.5, 0.6) is 0 Å². The maximum atomic E-state index is 11.0. The van der Waals surface area contributed by atoms with Gasteiger partial charge in [0.1, 0.15) is 5.56 Å². The van der Waals surface area contributed by atoms with Crippen LogP contribution in [0.15, 0.2) is 6.20 Å². The third-order valence-electron chi connectivity index (χ3n) is 3.00. The number of aromatic nitrogens is 2. The van der Waals surface area contributed by atoms with Crippen LogP contribution >= 0.6 is 0 Å². The van der Waals surface area contributed by atoms with Gasteiger partial charge in [0, 0.05) is 0 Å². The lowest BCUT2D eigenvalue weighted by atomic mass is 9.98. The summed E-state index contributed by atoms with van der Waals surface area (Å²) < 4.78 is 0. The number of rotatable bonds is 2. The lowest BCUT2D eigenvalue weighted by molar-refractivity contribution is 0.0691. The lowest BCUT2D eigenvalue weighted by Gasteiger charge is -2.31. The van der Waals surface area contributed by atoms with Crippen molar-refractivity contribution in [3.63, 3.8) is 0 Å². The van der Waals surface area contributed by atoms with Gasteiger partial charge in [0.2, 0.25) is 0 Å². The highest BCUT2D eigenvalue weighted by molar-refractivity contribution is 5.88. The zero-order chi connectivity index (χ0) is 10.8. The van der Waals surface area contributed by atoms with Crippen LogP contribution in [0, 0.1) is 0 Å². The van der Waals surface area contributed by atoms with E-state index < -0.39 is 5.97 Å². The first-order valence-corrected chi connectivity index (χ1v) is 5.17. The van der Waals surface area contributed by atoms with E-state index in [2.05, 4.69) is 15.1 Å². The second kappa shape index (κ2) is 4.02. The summed E-state index contributed by atoms with van der Waals surface area (Å²) in [4.78, 5) is 13.1. The number of piperidine rings is 1. The van der Waals surface area contributed by atoms with Crippen LogP contribution in [0.4, 0.5) is 0 Å². The van der Waals surface area contributed by atoms with Gasteiger partial charge < -0.3 is 5.11 Å². The molecule has 0 aromatic carbocycles. The van der Waals surface area contributed by atoms with E-state index in [9.17, 15) is 4.79 Å². The predicted molar refractivity (Wildman–Crippen MR) is 54.8 cm³/mol. The standard InChI is InChI=1S/C10H15N3O2/c1-13-5-3-2-4-8(13)9-7(10(14)15)6-11-12-9/h6,8H,2-5H2,1H3,(H,11,12)(H,14,15). The summed E-state index contributed by atoms with van der Waals surface area (Å²) in [7, 11) is 2.02. The van der Waals surface area contributed by atoms with Crippen molar-refractivity contribution in [1.82, 2.24) is 15.1 Å². The molecule has 1 unspecified atom stereocenters. The molecular weight excluding hydrogens is 194 g/mol. The van der Waals surface area contributed by atoms with E-state index in [1.807, 2.05) is 7.05 Å². The molecule has 1 aromatic heterocycles. The molecule has 1 aliphatic rings. The first-order chi connectivity index (χ1) is 7.20. The largest absolute Gasteiger partial charge is 0.478 e. The van der Waals surface area contributed by atoms with Gasteiger partial charge in [-0.05, 0) is 26.4 Å². The maximum absolute atomic E-state index is 11.0. The van der Waals surface area contributed by atoms with Crippen LogP contribution in [0.25, 0.3) is 0 Å². The van der Waals surface area contributed by atoms with Gasteiger partial charge >= 0.3 is 5.97 Å². The molecule has 2 rings (SSSR count). The first-order valence-electron chi connectivity index (χ1n) is 5.17. The number of nitrogens with one attached hydrogen (secondary N) is 1. The van der Waals surface area contributed by atoms with Gasteiger partial charge in [0.15, 0.2) is 0 Å². The predicted octanol–water partition coefficient (Wildman–Crippen LogP) is 1.26. The minimum absolute atomic E-state index is 0.173. The summed E-state index contributed by atoms with van der Waals surface area (Å²) in [6.07, 6.45) is 4.72. The Hall–Kier alpha value is -1.36.